The van der Waals surface area contributed by atoms with Crippen molar-refractivity contribution in [1.82, 2.24) is 5.32 Å². The van der Waals surface area contributed by atoms with Crippen molar-refractivity contribution in [2.45, 2.75) is 26.7 Å². The molecule has 1 aromatic heterocycles. The monoisotopic (exact) mass is 491 g/mol. The first kappa shape index (κ1) is 24.6. The number of allylic oxidation sites excluding steroid dienone is 2. The molecule has 4 rings (SSSR count). The number of rotatable bonds is 4. The normalized spacial score (nSPS) is 13.9. The number of benzene rings is 2. The first-order valence-electron chi connectivity index (χ1n) is 11.1. The van der Waals surface area contributed by atoms with Crippen LogP contribution >= 0.6 is 0 Å². The Balaban J connectivity index is 2.02. The fourth-order valence-corrected chi connectivity index (χ4v) is 4.20. The molecule has 0 saturated carbocycles. The molecule has 0 fully saturated rings. The van der Waals surface area contributed by atoms with E-state index in [-0.39, 0.29) is 22.5 Å². The Labute approximate surface area is 206 Å². The summed E-state index contributed by atoms with van der Waals surface area (Å²) in [4.78, 5) is 37.7. The number of para-hydroxylation sites is 1. The number of carbonyl (C=O) groups excluding carboxylic acids is 2. The highest BCUT2D eigenvalue weighted by Gasteiger charge is 2.37. The molecule has 0 unspecified atom stereocenters. The van der Waals surface area contributed by atoms with Crippen molar-refractivity contribution in [2.24, 2.45) is 0 Å². The number of hydrogen-bond donors (Lipinski definition) is 1. The summed E-state index contributed by atoms with van der Waals surface area (Å²) in [6, 6.07) is 14.3. The molecule has 36 heavy (non-hydrogen) atoms. The van der Waals surface area contributed by atoms with Crippen LogP contribution in [-0.4, -0.2) is 26.5 Å². The van der Waals surface area contributed by atoms with Crippen LogP contribution in [-0.2, 0) is 18.9 Å². The predicted octanol–water partition coefficient (Wildman–Crippen LogP) is 5.48. The van der Waals surface area contributed by atoms with Gasteiger partial charge in [-0.2, -0.15) is 0 Å². The molecule has 186 valence electrons. The van der Waals surface area contributed by atoms with Gasteiger partial charge in [0.25, 0.3) is 0 Å². The molecule has 2 aromatic carbocycles. The molecule has 0 spiro atoms. The third-order valence-corrected chi connectivity index (χ3v) is 5.88. The lowest BCUT2D eigenvalue weighted by molar-refractivity contribution is 0.0786. The molecule has 1 aliphatic rings. The molecular weight excluding hydrogens is 466 g/mol. The van der Waals surface area contributed by atoms with Crippen molar-refractivity contribution in [3.63, 3.8) is 0 Å². The second kappa shape index (κ2) is 9.99. The first-order chi connectivity index (χ1) is 17.3. The maximum absolute atomic E-state index is 13.4. The molecule has 3 aromatic rings. The predicted molar refractivity (Wildman–Crippen MR) is 131 cm³/mol. The molecular formula is C27H25NO8. The van der Waals surface area contributed by atoms with Gasteiger partial charge in [-0.1, -0.05) is 42.5 Å². The van der Waals surface area contributed by atoms with Gasteiger partial charge in [0, 0.05) is 16.7 Å². The molecule has 9 heteroatoms. The summed E-state index contributed by atoms with van der Waals surface area (Å²) in [5, 5.41) is 3.37. The molecule has 0 amide bonds. The molecule has 0 atom stereocenters. The minimum atomic E-state index is -0.962. The largest absolute Gasteiger partial charge is 0.513 e. The summed E-state index contributed by atoms with van der Waals surface area (Å²) in [6.07, 6.45) is -1.92. The van der Waals surface area contributed by atoms with Gasteiger partial charge in [-0.25, -0.2) is 9.59 Å². The van der Waals surface area contributed by atoms with Crippen LogP contribution in [0.3, 0.4) is 0 Å². The Morgan fingerprint density at radius 1 is 0.833 bits per heavy atom. The summed E-state index contributed by atoms with van der Waals surface area (Å²) in [5.74, 6) is -0.309. The fourth-order valence-electron chi connectivity index (χ4n) is 4.20. The fraction of sp³-hybridized carbons (Fsp3) is 0.222. The number of carbonyl (C=O) groups is 2. The van der Waals surface area contributed by atoms with Crippen LogP contribution in [0.4, 0.5) is 9.59 Å². The smallest absolute Gasteiger partial charge is 0.455 e. The number of ether oxygens (including phenoxy) is 4. The Morgan fingerprint density at radius 3 is 1.97 bits per heavy atom. The zero-order valence-electron chi connectivity index (χ0n) is 20.5. The van der Waals surface area contributed by atoms with E-state index in [0.717, 1.165) is 5.56 Å². The van der Waals surface area contributed by atoms with Crippen molar-refractivity contribution in [1.29, 1.82) is 0 Å². The van der Waals surface area contributed by atoms with Gasteiger partial charge in [-0.15, -0.1) is 0 Å². The molecule has 0 bridgehead atoms. The topological polar surface area (TPSA) is 113 Å². The zero-order chi connectivity index (χ0) is 26.0. The van der Waals surface area contributed by atoms with Crippen LogP contribution in [0.15, 0.2) is 80.7 Å². The summed E-state index contributed by atoms with van der Waals surface area (Å²) < 4.78 is 26.8. The number of dihydropyridines is 1. The van der Waals surface area contributed by atoms with E-state index >= 15 is 0 Å². The molecule has 9 nitrogen and oxygen atoms in total. The van der Waals surface area contributed by atoms with Crippen LogP contribution in [0.1, 0.15) is 30.9 Å². The van der Waals surface area contributed by atoms with Crippen LogP contribution in [0.5, 0.6) is 0 Å². The number of fused-ring (bicyclic) bond motifs is 1. The van der Waals surface area contributed by atoms with Crippen LogP contribution < -0.4 is 10.7 Å². The van der Waals surface area contributed by atoms with E-state index in [9.17, 15) is 14.4 Å². The van der Waals surface area contributed by atoms with E-state index in [2.05, 4.69) is 5.32 Å². The molecule has 0 saturated heterocycles. The first-order valence-corrected chi connectivity index (χ1v) is 11.1. The zero-order valence-corrected chi connectivity index (χ0v) is 20.5. The van der Waals surface area contributed by atoms with Crippen molar-refractivity contribution < 1.29 is 33.0 Å². The molecule has 1 N–H and O–H groups in total. The third kappa shape index (κ3) is 4.43. The summed E-state index contributed by atoms with van der Waals surface area (Å²) >= 11 is 0. The highest BCUT2D eigenvalue weighted by atomic mass is 16.7. The summed E-state index contributed by atoms with van der Waals surface area (Å²) in [7, 11) is 2.37. The number of methoxy groups -OCH3 is 2. The van der Waals surface area contributed by atoms with Crippen molar-refractivity contribution in [3.05, 3.63) is 92.8 Å². The lowest BCUT2D eigenvalue weighted by atomic mass is 9.89. The van der Waals surface area contributed by atoms with Gasteiger partial charge in [-0.05, 0) is 26.8 Å². The highest BCUT2D eigenvalue weighted by Crippen LogP contribution is 2.42. The van der Waals surface area contributed by atoms with Gasteiger partial charge in [0.1, 0.15) is 28.8 Å². The second-order valence-electron chi connectivity index (χ2n) is 8.12. The molecule has 0 aliphatic carbocycles. The van der Waals surface area contributed by atoms with Gasteiger partial charge in [-0.3, -0.25) is 4.79 Å². The molecule has 1 aliphatic heterocycles. The number of hydrogen-bond acceptors (Lipinski definition) is 9. The van der Waals surface area contributed by atoms with Crippen LogP contribution in [0.2, 0.25) is 0 Å². The van der Waals surface area contributed by atoms with E-state index in [4.69, 9.17) is 23.4 Å². The Hall–Kier alpha value is -4.53. The molecule has 0 radical (unpaired) electrons. The molecule has 2 heterocycles. The van der Waals surface area contributed by atoms with Gasteiger partial charge < -0.3 is 28.7 Å². The van der Waals surface area contributed by atoms with Crippen LogP contribution in [0.25, 0.3) is 22.3 Å². The number of nitrogens with one attached hydrogen (secondary N) is 1. The van der Waals surface area contributed by atoms with Crippen molar-refractivity contribution in [2.75, 3.05) is 14.2 Å². The maximum atomic E-state index is 13.4. The van der Waals surface area contributed by atoms with Crippen molar-refractivity contribution in [3.8, 4) is 11.3 Å². The van der Waals surface area contributed by atoms with E-state index in [0.29, 0.717) is 33.7 Å². The Morgan fingerprint density at radius 2 is 1.42 bits per heavy atom. The Kier molecular flexibility index (Phi) is 6.82. The summed E-state index contributed by atoms with van der Waals surface area (Å²) in [5.41, 5.74) is 2.63. The minimum absolute atomic E-state index is 0.114. The second-order valence-corrected chi connectivity index (χ2v) is 8.12. The van der Waals surface area contributed by atoms with Crippen LogP contribution in [0, 0.1) is 6.92 Å². The SMILES string of the molecule is COC(=O)OC1=C(C)NC(C)=C(OC(=O)OC)C1c1cccc2c(=O)c(C)c(-c3ccccc3)oc12. The van der Waals surface area contributed by atoms with Gasteiger partial charge >= 0.3 is 12.3 Å². The standard InChI is InChI=1S/C27H25NO8/c1-14-21(29)19-13-9-12-18(25(19)34-22(14)17-10-7-6-8-11-17)20-23(35-26(30)32-4)15(2)28-16(3)24(20)36-27(31)33-5/h6-13,20,28H,1-5H3. The summed E-state index contributed by atoms with van der Waals surface area (Å²) in [6.45, 7) is 5.10. The van der Waals surface area contributed by atoms with Gasteiger partial charge in [0.2, 0.25) is 0 Å². The van der Waals surface area contributed by atoms with E-state index in [1.54, 1.807) is 39.0 Å². The highest BCUT2D eigenvalue weighted by molar-refractivity contribution is 5.84. The van der Waals surface area contributed by atoms with E-state index < -0.39 is 18.2 Å². The average Bonchev–Trinajstić information content (AvgIpc) is 2.89. The van der Waals surface area contributed by atoms with Crippen molar-refractivity contribution >= 4 is 23.3 Å². The van der Waals surface area contributed by atoms with E-state index in [1.807, 2.05) is 30.3 Å². The third-order valence-electron chi connectivity index (χ3n) is 5.88. The average molecular weight is 491 g/mol. The van der Waals surface area contributed by atoms with Gasteiger partial charge in [0.05, 0.1) is 31.0 Å². The lowest BCUT2D eigenvalue weighted by Gasteiger charge is -2.30. The lowest BCUT2D eigenvalue weighted by Crippen LogP contribution is -2.29. The van der Waals surface area contributed by atoms with Gasteiger partial charge in [0.15, 0.2) is 5.43 Å². The quantitative estimate of drug-likeness (QED) is 0.474. The Bertz CT molecular complexity index is 1430. The maximum Gasteiger partial charge on any atom is 0.513 e. The van der Waals surface area contributed by atoms with E-state index in [1.165, 1.54) is 14.2 Å². The minimum Gasteiger partial charge on any atom is -0.455 e.